The van der Waals surface area contributed by atoms with E-state index in [1.807, 2.05) is 37.3 Å². The Kier molecular flexibility index (Phi) is 4.12. The number of thiocarbonyl (C=S) groups is 1. The molecule has 24 heavy (non-hydrogen) atoms. The molecule has 120 valence electrons. The van der Waals surface area contributed by atoms with Crippen LogP contribution in [0.5, 0.6) is 0 Å². The topological polar surface area (TPSA) is 23.6 Å². The molecule has 3 nitrogen and oxygen atoms in total. The largest absolute Gasteiger partial charge is 0.302 e. The Labute approximate surface area is 154 Å². The molecule has 0 spiro atoms. The quantitative estimate of drug-likeness (QED) is 0.548. The summed E-state index contributed by atoms with van der Waals surface area (Å²) in [7, 11) is 0. The highest BCUT2D eigenvalue weighted by atomic mass is 32.2. The number of anilines is 2. The van der Waals surface area contributed by atoms with E-state index in [1.54, 1.807) is 16.7 Å². The minimum Gasteiger partial charge on any atom is -0.302 e. The van der Waals surface area contributed by atoms with Crippen molar-refractivity contribution in [2.24, 2.45) is 0 Å². The molecule has 6 heteroatoms. The molecule has 1 fully saturated rings. The minimum absolute atomic E-state index is 0.00346. The van der Waals surface area contributed by atoms with E-state index < -0.39 is 0 Å². The number of rotatable bonds is 2. The summed E-state index contributed by atoms with van der Waals surface area (Å²) < 4.78 is 0.634. The lowest BCUT2D eigenvalue weighted by Crippen LogP contribution is -2.28. The molecule has 0 aromatic heterocycles. The second-order valence-electron chi connectivity index (χ2n) is 5.29. The van der Waals surface area contributed by atoms with Gasteiger partial charge in [-0.2, -0.15) is 0 Å². The number of nitrogens with zero attached hydrogens (tertiary/aromatic N) is 2. The number of hydrogen-bond acceptors (Lipinski definition) is 5. The highest BCUT2D eigenvalue weighted by Crippen LogP contribution is 2.53. The van der Waals surface area contributed by atoms with E-state index in [2.05, 4.69) is 29.2 Å². The van der Waals surface area contributed by atoms with Crippen molar-refractivity contribution in [3.63, 3.8) is 0 Å². The molecular formula is C18H14N2OS3. The number of fused-ring (bicyclic) bond motifs is 1. The summed E-state index contributed by atoms with van der Waals surface area (Å²) in [6.07, 6.45) is 0. The fourth-order valence-electron chi connectivity index (χ4n) is 2.77. The third-order valence-electron chi connectivity index (χ3n) is 3.89. The van der Waals surface area contributed by atoms with Crippen LogP contribution in [0.15, 0.2) is 69.4 Å². The molecule has 0 radical (unpaired) electrons. The van der Waals surface area contributed by atoms with Crippen molar-refractivity contribution in [3.05, 3.63) is 64.5 Å². The molecule has 0 atom stereocenters. The molecule has 2 heterocycles. The van der Waals surface area contributed by atoms with Crippen LogP contribution in [0.3, 0.4) is 0 Å². The van der Waals surface area contributed by atoms with Crippen LogP contribution >= 0.6 is 35.7 Å². The number of carbonyl (C=O) groups excluding carboxylic acids is 1. The lowest BCUT2D eigenvalue weighted by atomic mass is 10.2. The second kappa shape index (κ2) is 6.27. The summed E-state index contributed by atoms with van der Waals surface area (Å²) >= 11 is 8.41. The first-order valence-corrected chi connectivity index (χ1v) is 9.65. The van der Waals surface area contributed by atoms with Crippen molar-refractivity contribution >= 4 is 57.3 Å². The summed E-state index contributed by atoms with van der Waals surface area (Å²) in [5.41, 5.74) is 2.15. The van der Waals surface area contributed by atoms with Gasteiger partial charge in [0.1, 0.15) is 14.3 Å². The van der Waals surface area contributed by atoms with E-state index in [1.165, 1.54) is 11.8 Å². The van der Waals surface area contributed by atoms with E-state index in [0.717, 1.165) is 21.3 Å². The SMILES string of the molecule is CCN1C(=O)/C(=C2/Sc3ccccc3N2c2ccccc2)SC1=S. The molecule has 2 aliphatic rings. The fraction of sp³-hybridized carbons (Fsp3) is 0.111. The molecule has 2 aliphatic heterocycles. The van der Waals surface area contributed by atoms with Crippen molar-refractivity contribution in [1.29, 1.82) is 0 Å². The van der Waals surface area contributed by atoms with Gasteiger partial charge in [-0.25, -0.2) is 0 Å². The van der Waals surface area contributed by atoms with Gasteiger partial charge in [0.05, 0.1) is 5.69 Å². The zero-order chi connectivity index (χ0) is 16.7. The Balaban J connectivity index is 1.88. The maximum Gasteiger partial charge on any atom is 0.268 e. The van der Waals surface area contributed by atoms with Gasteiger partial charge in [-0.1, -0.05) is 66.1 Å². The zero-order valence-corrected chi connectivity index (χ0v) is 15.4. The average Bonchev–Trinajstić information content (AvgIpc) is 3.12. The first-order chi connectivity index (χ1) is 11.7. The molecule has 0 bridgehead atoms. The van der Waals surface area contributed by atoms with Gasteiger partial charge >= 0.3 is 0 Å². The smallest absolute Gasteiger partial charge is 0.268 e. The number of carbonyl (C=O) groups is 1. The zero-order valence-electron chi connectivity index (χ0n) is 12.9. The van der Waals surface area contributed by atoms with E-state index in [4.69, 9.17) is 12.2 Å². The Morgan fingerprint density at radius 3 is 2.42 bits per heavy atom. The van der Waals surface area contributed by atoms with Crippen LogP contribution in [-0.4, -0.2) is 21.7 Å². The van der Waals surface area contributed by atoms with E-state index in [-0.39, 0.29) is 5.91 Å². The van der Waals surface area contributed by atoms with Crippen LogP contribution < -0.4 is 4.90 Å². The van der Waals surface area contributed by atoms with Crippen molar-refractivity contribution in [2.75, 3.05) is 11.4 Å². The monoisotopic (exact) mass is 370 g/mol. The maximum absolute atomic E-state index is 12.8. The predicted octanol–water partition coefficient (Wildman–Crippen LogP) is 4.98. The van der Waals surface area contributed by atoms with Gasteiger partial charge in [0.2, 0.25) is 0 Å². The van der Waals surface area contributed by atoms with Gasteiger partial charge in [-0.15, -0.1) is 0 Å². The van der Waals surface area contributed by atoms with Gasteiger partial charge in [0, 0.05) is 17.1 Å². The third-order valence-corrected chi connectivity index (χ3v) is 6.60. The Bertz CT molecular complexity index is 864. The molecule has 0 N–H and O–H groups in total. The summed E-state index contributed by atoms with van der Waals surface area (Å²) in [6.45, 7) is 2.55. The molecule has 0 unspecified atom stereocenters. The molecule has 1 saturated heterocycles. The van der Waals surface area contributed by atoms with Crippen LogP contribution in [0, 0.1) is 0 Å². The van der Waals surface area contributed by atoms with E-state index in [9.17, 15) is 4.79 Å². The summed E-state index contributed by atoms with van der Waals surface area (Å²) in [6, 6.07) is 18.4. The Morgan fingerprint density at radius 2 is 1.71 bits per heavy atom. The third kappa shape index (κ3) is 2.46. The van der Waals surface area contributed by atoms with E-state index in [0.29, 0.717) is 15.8 Å². The number of likely N-dealkylation sites (N-methyl/N-ethyl adjacent to an activating group) is 1. The molecule has 0 saturated carbocycles. The summed E-state index contributed by atoms with van der Waals surface area (Å²) in [5, 5.41) is 0.940. The highest BCUT2D eigenvalue weighted by Gasteiger charge is 2.38. The lowest BCUT2D eigenvalue weighted by Gasteiger charge is -2.21. The van der Waals surface area contributed by atoms with Gasteiger partial charge in [-0.3, -0.25) is 9.69 Å². The number of para-hydroxylation sites is 2. The highest BCUT2D eigenvalue weighted by molar-refractivity contribution is 8.27. The maximum atomic E-state index is 12.8. The first kappa shape index (κ1) is 15.7. The number of amides is 1. The Hall–Kier alpha value is -1.76. The normalized spacial score (nSPS) is 20.0. The van der Waals surface area contributed by atoms with Crippen LogP contribution in [0.4, 0.5) is 11.4 Å². The van der Waals surface area contributed by atoms with Crippen molar-refractivity contribution in [1.82, 2.24) is 4.90 Å². The van der Waals surface area contributed by atoms with E-state index >= 15 is 0 Å². The van der Waals surface area contributed by atoms with Crippen LogP contribution in [0.25, 0.3) is 0 Å². The van der Waals surface area contributed by atoms with Gasteiger partial charge in [-0.05, 0) is 31.2 Å². The lowest BCUT2D eigenvalue weighted by molar-refractivity contribution is -0.122. The molecule has 0 aliphatic carbocycles. The fourth-order valence-corrected chi connectivity index (χ4v) is 5.45. The minimum atomic E-state index is 0.00346. The molecule has 2 aromatic rings. The van der Waals surface area contributed by atoms with Crippen LogP contribution in [-0.2, 0) is 4.79 Å². The predicted molar refractivity (Wildman–Crippen MR) is 105 cm³/mol. The van der Waals surface area contributed by atoms with Gasteiger partial charge in [0.15, 0.2) is 0 Å². The van der Waals surface area contributed by atoms with Crippen LogP contribution in [0.2, 0.25) is 0 Å². The number of benzene rings is 2. The summed E-state index contributed by atoms with van der Waals surface area (Å²) in [5.74, 6) is 0.00346. The molecular weight excluding hydrogens is 356 g/mol. The molecule has 1 amide bonds. The number of hydrogen-bond donors (Lipinski definition) is 0. The van der Waals surface area contributed by atoms with Crippen molar-refractivity contribution < 1.29 is 4.79 Å². The van der Waals surface area contributed by atoms with Crippen molar-refractivity contribution in [2.45, 2.75) is 11.8 Å². The Morgan fingerprint density at radius 1 is 1.00 bits per heavy atom. The van der Waals surface area contributed by atoms with Gasteiger partial charge < -0.3 is 4.90 Å². The van der Waals surface area contributed by atoms with Gasteiger partial charge in [0.25, 0.3) is 5.91 Å². The second-order valence-corrected chi connectivity index (χ2v) is 7.97. The summed E-state index contributed by atoms with van der Waals surface area (Å²) in [4.78, 5) is 18.5. The van der Waals surface area contributed by atoms with Crippen LogP contribution in [0.1, 0.15) is 6.92 Å². The molecule has 4 rings (SSSR count). The standard InChI is InChI=1S/C18H14N2OS3/c1-2-19-16(21)15(24-18(19)22)17-20(12-8-4-3-5-9-12)13-10-6-7-11-14(13)23-17/h3-11H,2H2,1H3/b17-15-. The number of thioether (sulfide) groups is 2. The van der Waals surface area contributed by atoms with Crippen molar-refractivity contribution in [3.8, 4) is 0 Å². The first-order valence-electron chi connectivity index (χ1n) is 7.60. The average molecular weight is 371 g/mol. The molecule has 2 aromatic carbocycles.